The molecule has 0 spiro atoms. The molecule has 6 heteroatoms. The van der Waals surface area contributed by atoms with Crippen molar-refractivity contribution >= 4 is 5.97 Å². The molecule has 4 N–H and O–H groups in total. The number of nitrogens with zero attached hydrogens (tertiary/aromatic N) is 1. The van der Waals surface area contributed by atoms with Crippen molar-refractivity contribution in [2.75, 3.05) is 39.5 Å². The van der Waals surface area contributed by atoms with Crippen LogP contribution in [-0.4, -0.2) is 70.8 Å². The molecule has 0 atom stereocenters. The molecule has 0 amide bonds. The van der Waals surface area contributed by atoms with Crippen molar-refractivity contribution in [3.63, 3.8) is 0 Å². The van der Waals surface area contributed by atoms with E-state index < -0.39 is 5.97 Å². The van der Waals surface area contributed by atoms with E-state index in [0.29, 0.717) is 19.6 Å². The molecular weight excluding hydrogens is 406 g/mol. The Morgan fingerprint density at radius 2 is 1.06 bits per heavy atom. The topological polar surface area (TPSA) is 101 Å². The van der Waals surface area contributed by atoms with Gasteiger partial charge in [0.1, 0.15) is 0 Å². The summed E-state index contributed by atoms with van der Waals surface area (Å²) in [7, 11) is 0. The zero-order valence-electron chi connectivity index (χ0n) is 20.1. The van der Waals surface area contributed by atoms with Gasteiger partial charge in [-0.3, -0.25) is 9.69 Å². The first kappa shape index (κ1) is 32.4. The van der Waals surface area contributed by atoms with Crippen LogP contribution in [0.5, 0.6) is 0 Å². The largest absolute Gasteiger partial charge is 0.481 e. The lowest BCUT2D eigenvalue weighted by Gasteiger charge is -2.17. The van der Waals surface area contributed by atoms with Crippen molar-refractivity contribution in [3.05, 3.63) is 48.6 Å². The number of allylic oxidation sites excluding steroid dienone is 8. The van der Waals surface area contributed by atoms with Gasteiger partial charge in [-0.1, -0.05) is 68.4 Å². The lowest BCUT2D eigenvalue weighted by atomic mass is 10.2. The first-order valence-electron chi connectivity index (χ1n) is 12.0. The van der Waals surface area contributed by atoms with Gasteiger partial charge in [0, 0.05) is 26.1 Å². The summed E-state index contributed by atoms with van der Waals surface area (Å²) in [6, 6.07) is 0. The van der Waals surface area contributed by atoms with E-state index in [2.05, 4.69) is 55.5 Å². The normalized spacial score (nSPS) is 11.9. The summed E-state index contributed by atoms with van der Waals surface area (Å²) in [4.78, 5) is 12.1. The summed E-state index contributed by atoms with van der Waals surface area (Å²) < 4.78 is 0. The van der Waals surface area contributed by atoms with Crippen LogP contribution in [0.15, 0.2) is 48.6 Å². The maximum absolute atomic E-state index is 10.3. The second-order valence-electron chi connectivity index (χ2n) is 7.39. The average Bonchev–Trinajstić information content (AvgIpc) is 2.77. The van der Waals surface area contributed by atoms with Crippen molar-refractivity contribution in [1.82, 2.24) is 4.90 Å². The molecule has 186 valence electrons. The maximum Gasteiger partial charge on any atom is 0.303 e. The third-order valence-electron chi connectivity index (χ3n) is 4.47. The third-order valence-corrected chi connectivity index (χ3v) is 4.47. The van der Waals surface area contributed by atoms with E-state index in [1.54, 1.807) is 4.90 Å². The lowest BCUT2D eigenvalue weighted by Crippen LogP contribution is -2.32. The number of carboxylic acid groups (broad SMARTS) is 1. The Balaban J connectivity index is 0. The van der Waals surface area contributed by atoms with Crippen molar-refractivity contribution in [3.8, 4) is 0 Å². The second-order valence-corrected chi connectivity index (χ2v) is 7.39. The lowest BCUT2D eigenvalue weighted by molar-refractivity contribution is -0.137. The SMILES string of the molecule is CCCCC/C=C\C/C=C\C/C=C\C/C=C\CCCC(=O)O.OCCN(CCO)CCO. The Bertz CT molecular complexity index is 486. The Kier molecular flexibility index (Phi) is 29.7. The molecule has 0 aliphatic rings. The monoisotopic (exact) mass is 453 g/mol. The molecule has 0 aromatic heterocycles. The van der Waals surface area contributed by atoms with Gasteiger partial charge in [-0.05, 0) is 44.9 Å². The number of carbonyl (C=O) groups is 1. The second kappa shape index (κ2) is 29.3. The number of aliphatic hydroxyl groups excluding tert-OH is 3. The molecule has 0 radical (unpaired) electrons. The number of hydrogen-bond donors (Lipinski definition) is 4. The van der Waals surface area contributed by atoms with Gasteiger partial charge in [-0.15, -0.1) is 0 Å². The highest BCUT2D eigenvalue weighted by atomic mass is 16.4. The summed E-state index contributed by atoms with van der Waals surface area (Å²) >= 11 is 0. The molecule has 0 bridgehead atoms. The van der Waals surface area contributed by atoms with Crippen molar-refractivity contribution in [2.24, 2.45) is 0 Å². The fourth-order valence-electron chi connectivity index (χ4n) is 2.69. The van der Waals surface area contributed by atoms with Gasteiger partial charge in [0.25, 0.3) is 0 Å². The van der Waals surface area contributed by atoms with Gasteiger partial charge in [0.15, 0.2) is 0 Å². The van der Waals surface area contributed by atoms with E-state index in [4.69, 9.17) is 20.4 Å². The first-order valence-corrected chi connectivity index (χ1v) is 12.0. The summed E-state index contributed by atoms with van der Waals surface area (Å²) in [5, 5.41) is 33.9. The summed E-state index contributed by atoms with van der Waals surface area (Å²) in [6.07, 6.45) is 27.3. The van der Waals surface area contributed by atoms with Crippen LogP contribution in [0, 0.1) is 0 Å². The van der Waals surface area contributed by atoms with E-state index in [0.717, 1.165) is 32.1 Å². The molecule has 0 unspecified atom stereocenters. The number of aliphatic carboxylic acids is 1. The van der Waals surface area contributed by atoms with Gasteiger partial charge in [0.05, 0.1) is 19.8 Å². The van der Waals surface area contributed by atoms with Gasteiger partial charge >= 0.3 is 5.97 Å². The van der Waals surface area contributed by atoms with Crippen LogP contribution in [0.1, 0.15) is 71.1 Å². The number of carboxylic acids is 1. The minimum Gasteiger partial charge on any atom is -0.481 e. The molecule has 0 rings (SSSR count). The zero-order valence-corrected chi connectivity index (χ0v) is 20.1. The molecular formula is C26H47NO5. The summed E-state index contributed by atoms with van der Waals surface area (Å²) in [5.41, 5.74) is 0. The van der Waals surface area contributed by atoms with Crippen LogP contribution in [-0.2, 0) is 4.79 Å². The van der Waals surface area contributed by atoms with Crippen molar-refractivity contribution in [2.45, 2.75) is 71.1 Å². The van der Waals surface area contributed by atoms with Crippen molar-refractivity contribution in [1.29, 1.82) is 0 Å². The van der Waals surface area contributed by atoms with Crippen LogP contribution in [0.3, 0.4) is 0 Å². The maximum atomic E-state index is 10.3. The smallest absolute Gasteiger partial charge is 0.303 e. The standard InChI is InChI=1S/C20H32O2.C6H15NO3/c1-2-3-4-5-6-7-8-9-10-11-12-13-14-15-16-17-18-19-20(21)22;8-4-1-7(2-5-9)3-6-10/h6-7,9-10,12-13,15-16H,2-5,8,11,14,17-19H2,1H3,(H,21,22);8-10H,1-6H2/b7-6-,10-9-,13-12-,16-15-;. The minimum absolute atomic E-state index is 0.0694. The molecule has 0 heterocycles. The fraction of sp³-hybridized carbons (Fsp3) is 0.654. The van der Waals surface area contributed by atoms with Gasteiger partial charge in [-0.25, -0.2) is 0 Å². The predicted molar refractivity (Wildman–Crippen MR) is 134 cm³/mol. The van der Waals surface area contributed by atoms with E-state index in [9.17, 15) is 4.79 Å². The third kappa shape index (κ3) is 30.5. The average molecular weight is 454 g/mol. The highest BCUT2D eigenvalue weighted by Gasteiger charge is 2.00. The van der Waals surface area contributed by atoms with E-state index in [-0.39, 0.29) is 26.2 Å². The Labute approximate surface area is 195 Å². The number of rotatable bonds is 20. The van der Waals surface area contributed by atoms with E-state index in [1.807, 2.05) is 0 Å². The van der Waals surface area contributed by atoms with Crippen LogP contribution in [0.4, 0.5) is 0 Å². The van der Waals surface area contributed by atoms with Crippen LogP contribution in [0.2, 0.25) is 0 Å². The highest BCUT2D eigenvalue weighted by Crippen LogP contribution is 2.01. The quantitative estimate of drug-likeness (QED) is 0.160. The Morgan fingerprint density at radius 3 is 1.44 bits per heavy atom. The van der Waals surface area contributed by atoms with Crippen molar-refractivity contribution < 1.29 is 25.2 Å². The molecule has 6 nitrogen and oxygen atoms in total. The molecule has 0 aliphatic carbocycles. The molecule has 32 heavy (non-hydrogen) atoms. The van der Waals surface area contributed by atoms with Crippen LogP contribution >= 0.6 is 0 Å². The number of aliphatic hydroxyl groups is 3. The molecule has 0 saturated carbocycles. The summed E-state index contributed by atoms with van der Waals surface area (Å²) in [5.74, 6) is -0.712. The number of unbranched alkanes of at least 4 members (excludes halogenated alkanes) is 4. The Hall–Kier alpha value is -1.73. The zero-order chi connectivity index (χ0) is 24.1. The van der Waals surface area contributed by atoms with Crippen LogP contribution in [0.25, 0.3) is 0 Å². The minimum atomic E-state index is -0.712. The molecule has 0 saturated heterocycles. The van der Waals surface area contributed by atoms with E-state index in [1.165, 1.54) is 25.7 Å². The molecule has 0 aliphatic heterocycles. The van der Waals surface area contributed by atoms with Crippen LogP contribution < -0.4 is 0 Å². The van der Waals surface area contributed by atoms with Gasteiger partial charge in [0.2, 0.25) is 0 Å². The molecule has 0 aromatic carbocycles. The summed E-state index contributed by atoms with van der Waals surface area (Å²) in [6.45, 7) is 3.98. The molecule has 0 aromatic rings. The van der Waals surface area contributed by atoms with Gasteiger partial charge in [-0.2, -0.15) is 0 Å². The van der Waals surface area contributed by atoms with E-state index >= 15 is 0 Å². The first-order chi connectivity index (χ1) is 15.6. The van der Waals surface area contributed by atoms with Gasteiger partial charge < -0.3 is 20.4 Å². The molecule has 0 fully saturated rings. The fourth-order valence-corrected chi connectivity index (χ4v) is 2.69. The number of hydrogen-bond acceptors (Lipinski definition) is 5. The predicted octanol–water partition coefficient (Wildman–Crippen LogP) is 4.48. The highest BCUT2D eigenvalue weighted by molar-refractivity contribution is 5.66. The Morgan fingerprint density at radius 1 is 0.656 bits per heavy atom.